The number of phenols is 1. The highest BCUT2D eigenvalue weighted by Crippen LogP contribution is 2.12. The normalized spacial score (nSPS) is 14.1. The molecule has 3 amide bonds. The predicted molar refractivity (Wildman–Crippen MR) is 126 cm³/mol. The number of hydrogen-bond acceptors (Lipinski definition) is 7. The van der Waals surface area contributed by atoms with Gasteiger partial charge in [-0.1, -0.05) is 42.5 Å². The van der Waals surface area contributed by atoms with Crippen molar-refractivity contribution >= 4 is 23.7 Å². The number of carbonyl (C=O) groups is 4. The molecular weight excluding hydrogens is 456 g/mol. The molecule has 188 valence electrons. The molecule has 0 spiro atoms. The number of phenolic OH excluding ortho intramolecular Hbond substituents is 1. The SMILES string of the molecule is CC(NC(=O)C(N)Cc1ccccc1)C(=O)NC(Cc1ccc(O)cc1)C(=O)NC(CO)C(=O)O. The quantitative estimate of drug-likeness (QED) is 0.200. The van der Waals surface area contributed by atoms with Crippen molar-refractivity contribution in [3.63, 3.8) is 0 Å². The summed E-state index contributed by atoms with van der Waals surface area (Å²) in [4.78, 5) is 49.1. The lowest BCUT2D eigenvalue weighted by Crippen LogP contribution is -2.57. The van der Waals surface area contributed by atoms with Crippen LogP contribution in [0.2, 0.25) is 0 Å². The molecule has 8 N–H and O–H groups in total. The summed E-state index contributed by atoms with van der Waals surface area (Å²) in [7, 11) is 0. The van der Waals surface area contributed by atoms with Gasteiger partial charge in [0.1, 0.15) is 23.9 Å². The zero-order chi connectivity index (χ0) is 26.0. The number of aliphatic carboxylic acids is 1. The van der Waals surface area contributed by atoms with Gasteiger partial charge >= 0.3 is 5.97 Å². The smallest absolute Gasteiger partial charge is 0.328 e. The van der Waals surface area contributed by atoms with Crippen molar-refractivity contribution < 1.29 is 34.5 Å². The van der Waals surface area contributed by atoms with Crippen LogP contribution in [-0.2, 0) is 32.0 Å². The number of nitrogens with one attached hydrogen (secondary N) is 3. The first kappa shape index (κ1) is 27.3. The molecule has 0 bridgehead atoms. The van der Waals surface area contributed by atoms with Crippen molar-refractivity contribution in [2.24, 2.45) is 5.73 Å². The van der Waals surface area contributed by atoms with Gasteiger partial charge in [-0.05, 0) is 36.6 Å². The van der Waals surface area contributed by atoms with Crippen LogP contribution in [0.4, 0.5) is 0 Å². The lowest BCUT2D eigenvalue weighted by Gasteiger charge is -2.23. The Morgan fingerprint density at radius 1 is 0.800 bits per heavy atom. The fourth-order valence-electron chi connectivity index (χ4n) is 3.18. The average Bonchev–Trinajstić information content (AvgIpc) is 2.83. The third kappa shape index (κ3) is 8.72. The molecule has 11 heteroatoms. The molecule has 11 nitrogen and oxygen atoms in total. The first-order chi connectivity index (χ1) is 16.6. The van der Waals surface area contributed by atoms with Crippen LogP contribution >= 0.6 is 0 Å². The Labute approximate surface area is 202 Å². The van der Waals surface area contributed by atoms with E-state index in [2.05, 4.69) is 16.0 Å². The topological polar surface area (TPSA) is 191 Å². The molecule has 0 radical (unpaired) electrons. The second-order valence-electron chi connectivity index (χ2n) is 8.04. The molecule has 0 heterocycles. The number of nitrogens with two attached hydrogens (primary N) is 1. The maximum absolute atomic E-state index is 12.8. The van der Waals surface area contributed by atoms with Gasteiger partial charge in [-0.25, -0.2) is 4.79 Å². The largest absolute Gasteiger partial charge is 0.508 e. The van der Waals surface area contributed by atoms with E-state index < -0.39 is 54.5 Å². The number of carboxylic acid groups (broad SMARTS) is 1. The Morgan fingerprint density at radius 3 is 1.94 bits per heavy atom. The predicted octanol–water partition coefficient (Wildman–Crippen LogP) is -0.944. The number of aliphatic hydroxyl groups excluding tert-OH is 1. The molecule has 2 aromatic rings. The van der Waals surface area contributed by atoms with E-state index in [4.69, 9.17) is 10.8 Å². The van der Waals surface area contributed by atoms with Crippen LogP contribution in [0.1, 0.15) is 18.1 Å². The van der Waals surface area contributed by atoms with Crippen LogP contribution in [0.5, 0.6) is 5.75 Å². The molecule has 0 aliphatic carbocycles. The monoisotopic (exact) mass is 486 g/mol. The Kier molecular flexibility index (Phi) is 10.2. The van der Waals surface area contributed by atoms with Gasteiger partial charge in [-0.15, -0.1) is 0 Å². The third-order valence-corrected chi connectivity index (χ3v) is 5.19. The molecule has 0 aliphatic rings. The van der Waals surface area contributed by atoms with Gasteiger partial charge < -0.3 is 37.0 Å². The second kappa shape index (κ2) is 13.1. The molecule has 0 aromatic heterocycles. The van der Waals surface area contributed by atoms with Crippen LogP contribution in [0.25, 0.3) is 0 Å². The van der Waals surface area contributed by atoms with E-state index in [-0.39, 0.29) is 18.6 Å². The summed E-state index contributed by atoms with van der Waals surface area (Å²) in [6.07, 6.45) is 0.231. The molecule has 0 fully saturated rings. The summed E-state index contributed by atoms with van der Waals surface area (Å²) in [5, 5.41) is 34.9. The highest BCUT2D eigenvalue weighted by Gasteiger charge is 2.28. The number of amides is 3. The zero-order valence-corrected chi connectivity index (χ0v) is 19.2. The van der Waals surface area contributed by atoms with Gasteiger partial charge in [-0.2, -0.15) is 0 Å². The molecule has 2 rings (SSSR count). The van der Waals surface area contributed by atoms with E-state index in [9.17, 15) is 29.4 Å². The van der Waals surface area contributed by atoms with Crippen LogP contribution in [0.15, 0.2) is 54.6 Å². The van der Waals surface area contributed by atoms with E-state index >= 15 is 0 Å². The van der Waals surface area contributed by atoms with E-state index in [0.29, 0.717) is 5.56 Å². The Morgan fingerprint density at radius 2 is 1.37 bits per heavy atom. The fourth-order valence-corrected chi connectivity index (χ4v) is 3.18. The molecule has 4 atom stereocenters. The highest BCUT2D eigenvalue weighted by atomic mass is 16.4. The van der Waals surface area contributed by atoms with Gasteiger partial charge in [-0.3, -0.25) is 14.4 Å². The van der Waals surface area contributed by atoms with Crippen LogP contribution in [-0.4, -0.2) is 69.8 Å². The summed E-state index contributed by atoms with van der Waals surface area (Å²) in [6, 6.07) is 10.3. The van der Waals surface area contributed by atoms with Gasteiger partial charge in [0.25, 0.3) is 0 Å². The van der Waals surface area contributed by atoms with Gasteiger partial charge in [0.05, 0.1) is 12.6 Å². The third-order valence-electron chi connectivity index (χ3n) is 5.19. The van der Waals surface area contributed by atoms with Gasteiger partial charge in [0.2, 0.25) is 17.7 Å². The Bertz CT molecular complexity index is 1010. The van der Waals surface area contributed by atoms with E-state index in [1.807, 2.05) is 30.3 Å². The number of aromatic hydroxyl groups is 1. The highest BCUT2D eigenvalue weighted by molar-refractivity contribution is 5.94. The van der Waals surface area contributed by atoms with Crippen LogP contribution < -0.4 is 21.7 Å². The number of carboxylic acids is 1. The van der Waals surface area contributed by atoms with Crippen molar-refractivity contribution in [2.75, 3.05) is 6.61 Å². The van der Waals surface area contributed by atoms with Crippen molar-refractivity contribution in [3.05, 3.63) is 65.7 Å². The van der Waals surface area contributed by atoms with Crippen molar-refractivity contribution in [1.29, 1.82) is 0 Å². The van der Waals surface area contributed by atoms with Crippen molar-refractivity contribution in [2.45, 2.75) is 43.9 Å². The summed E-state index contributed by atoms with van der Waals surface area (Å²) < 4.78 is 0. The lowest BCUT2D eigenvalue weighted by molar-refractivity contribution is -0.143. The van der Waals surface area contributed by atoms with Gasteiger partial charge in [0.15, 0.2) is 0 Å². The first-order valence-corrected chi connectivity index (χ1v) is 10.9. The second-order valence-corrected chi connectivity index (χ2v) is 8.04. The molecule has 0 saturated carbocycles. The van der Waals surface area contributed by atoms with E-state index in [1.54, 1.807) is 0 Å². The number of rotatable bonds is 12. The molecule has 35 heavy (non-hydrogen) atoms. The maximum Gasteiger partial charge on any atom is 0.328 e. The molecule has 0 saturated heterocycles. The van der Waals surface area contributed by atoms with E-state index in [0.717, 1.165) is 5.56 Å². The Balaban J connectivity index is 2.06. The Hall–Kier alpha value is -3.96. The first-order valence-electron chi connectivity index (χ1n) is 10.9. The summed E-state index contributed by atoms with van der Waals surface area (Å²) in [5.74, 6) is -3.52. The minimum absolute atomic E-state index is 0.00758. The molecular formula is C24H30N4O7. The average molecular weight is 487 g/mol. The minimum atomic E-state index is -1.56. The number of aliphatic hydroxyl groups is 1. The van der Waals surface area contributed by atoms with Crippen LogP contribution in [0.3, 0.4) is 0 Å². The van der Waals surface area contributed by atoms with Crippen LogP contribution in [0, 0.1) is 0 Å². The summed E-state index contributed by atoms with van der Waals surface area (Å²) in [6.45, 7) is 0.582. The summed E-state index contributed by atoms with van der Waals surface area (Å²) in [5.41, 5.74) is 7.38. The number of hydrogen-bond donors (Lipinski definition) is 7. The number of carbonyl (C=O) groups excluding carboxylic acids is 3. The zero-order valence-electron chi connectivity index (χ0n) is 19.2. The minimum Gasteiger partial charge on any atom is -0.508 e. The maximum atomic E-state index is 12.8. The number of benzene rings is 2. The fraction of sp³-hybridized carbons (Fsp3) is 0.333. The lowest BCUT2D eigenvalue weighted by atomic mass is 10.0. The molecule has 2 aromatic carbocycles. The van der Waals surface area contributed by atoms with Crippen molar-refractivity contribution in [1.82, 2.24) is 16.0 Å². The van der Waals surface area contributed by atoms with Crippen molar-refractivity contribution in [3.8, 4) is 5.75 Å². The van der Waals surface area contributed by atoms with E-state index in [1.165, 1.54) is 31.2 Å². The van der Waals surface area contributed by atoms with Gasteiger partial charge in [0, 0.05) is 6.42 Å². The molecule has 0 aliphatic heterocycles. The summed E-state index contributed by atoms with van der Waals surface area (Å²) >= 11 is 0. The standard InChI is InChI=1S/C24H30N4O7/c1-14(26-22(32)18(25)11-15-5-3-2-4-6-15)21(31)27-19(12-16-7-9-17(30)10-8-16)23(33)28-20(13-29)24(34)35/h2-10,14,18-20,29-30H,11-13,25H2,1H3,(H,26,32)(H,27,31)(H,28,33)(H,34,35). The molecule has 4 unspecified atom stereocenters.